The Morgan fingerprint density at radius 1 is 1.65 bits per heavy atom. The van der Waals surface area contributed by atoms with Gasteiger partial charge in [-0.2, -0.15) is 0 Å². The van der Waals surface area contributed by atoms with Crippen LogP contribution in [0.15, 0.2) is 0 Å². The van der Waals surface area contributed by atoms with Crippen LogP contribution in [0, 0.1) is 5.92 Å². The van der Waals surface area contributed by atoms with E-state index in [-0.39, 0.29) is 29.8 Å². The first-order valence-electron chi connectivity index (χ1n) is 5.58. The summed E-state index contributed by atoms with van der Waals surface area (Å²) in [4.78, 5) is 23.1. The van der Waals surface area contributed by atoms with Crippen molar-refractivity contribution in [2.75, 3.05) is 7.11 Å². The van der Waals surface area contributed by atoms with Crippen molar-refractivity contribution in [3.8, 4) is 0 Å². The molecule has 2 rings (SSSR count). The summed E-state index contributed by atoms with van der Waals surface area (Å²) in [5.74, 6) is -0.591. The number of esters is 1. The number of carbonyl (C=O) groups is 2. The molecule has 1 aliphatic heterocycles. The molecule has 0 bridgehead atoms. The molecule has 1 saturated carbocycles. The molecule has 17 heavy (non-hydrogen) atoms. The second-order valence-electron chi connectivity index (χ2n) is 5.28. The van der Waals surface area contributed by atoms with Gasteiger partial charge in [0.1, 0.15) is 5.54 Å². The summed E-state index contributed by atoms with van der Waals surface area (Å²) in [6.07, 6.45) is 3.26. The number of hydrogen-bond acceptors (Lipinski definition) is 4. The predicted octanol–water partition coefficient (Wildman–Crippen LogP) is 0.357. The number of rotatable bonds is 3. The van der Waals surface area contributed by atoms with Gasteiger partial charge in [-0.05, 0) is 32.6 Å². The predicted molar refractivity (Wildman–Crippen MR) is 64.7 cm³/mol. The van der Waals surface area contributed by atoms with E-state index < -0.39 is 11.5 Å². The Balaban J connectivity index is 0.00000144. The average molecular weight is 263 g/mol. The highest BCUT2D eigenvalue weighted by molar-refractivity contribution is 5.86. The molecule has 1 saturated heterocycles. The highest BCUT2D eigenvalue weighted by atomic mass is 35.5. The molecule has 0 aromatic carbocycles. The average Bonchev–Trinajstić information content (AvgIpc) is 2.87. The number of nitrogens with two attached hydrogens (primary N) is 1. The molecule has 1 heterocycles. The molecular formula is C11H19ClN2O3. The van der Waals surface area contributed by atoms with Crippen LogP contribution in [0.25, 0.3) is 0 Å². The van der Waals surface area contributed by atoms with Crippen molar-refractivity contribution in [2.45, 2.75) is 43.7 Å². The Bertz CT molecular complexity index is 340. The highest BCUT2D eigenvalue weighted by Crippen LogP contribution is 2.46. The summed E-state index contributed by atoms with van der Waals surface area (Å²) in [7, 11) is 1.31. The van der Waals surface area contributed by atoms with E-state index in [2.05, 4.69) is 10.1 Å². The van der Waals surface area contributed by atoms with Gasteiger partial charge in [0.15, 0.2) is 0 Å². The van der Waals surface area contributed by atoms with Crippen LogP contribution in [-0.4, -0.2) is 30.1 Å². The van der Waals surface area contributed by atoms with E-state index in [4.69, 9.17) is 5.73 Å². The third-order valence-electron chi connectivity index (χ3n) is 3.57. The van der Waals surface area contributed by atoms with E-state index in [1.165, 1.54) is 7.11 Å². The molecule has 1 aliphatic carbocycles. The number of halogens is 1. The first kappa shape index (κ1) is 14.3. The maximum atomic E-state index is 11.7. The molecule has 2 fully saturated rings. The summed E-state index contributed by atoms with van der Waals surface area (Å²) in [6.45, 7) is 1.62. The lowest BCUT2D eigenvalue weighted by molar-refractivity contribution is -0.147. The Morgan fingerprint density at radius 3 is 2.65 bits per heavy atom. The molecule has 0 unspecified atom stereocenters. The van der Waals surface area contributed by atoms with Crippen molar-refractivity contribution in [1.29, 1.82) is 0 Å². The topological polar surface area (TPSA) is 81.4 Å². The summed E-state index contributed by atoms with van der Waals surface area (Å²) >= 11 is 0. The van der Waals surface area contributed by atoms with Crippen LogP contribution in [-0.2, 0) is 14.3 Å². The fraction of sp³-hybridized carbons (Fsp3) is 0.818. The summed E-state index contributed by atoms with van der Waals surface area (Å²) in [5.41, 5.74) is 4.83. The summed E-state index contributed by atoms with van der Waals surface area (Å²) in [6, 6.07) is 0. The number of carbonyl (C=O) groups excluding carboxylic acids is 2. The van der Waals surface area contributed by atoms with Crippen LogP contribution >= 0.6 is 12.4 Å². The maximum absolute atomic E-state index is 11.7. The van der Waals surface area contributed by atoms with Crippen molar-refractivity contribution in [1.82, 2.24) is 5.32 Å². The van der Waals surface area contributed by atoms with Crippen LogP contribution in [0.4, 0.5) is 0 Å². The van der Waals surface area contributed by atoms with Crippen molar-refractivity contribution in [3.63, 3.8) is 0 Å². The van der Waals surface area contributed by atoms with Crippen LogP contribution in [0.5, 0.6) is 0 Å². The zero-order chi connectivity index (χ0) is 12.0. The third kappa shape index (κ3) is 2.72. The first-order valence-corrected chi connectivity index (χ1v) is 5.58. The Hall–Kier alpha value is -0.810. The highest BCUT2D eigenvalue weighted by Gasteiger charge is 2.53. The van der Waals surface area contributed by atoms with E-state index in [0.29, 0.717) is 6.42 Å². The van der Waals surface area contributed by atoms with Gasteiger partial charge in [-0.25, -0.2) is 0 Å². The lowest BCUT2D eigenvalue weighted by Crippen LogP contribution is -2.48. The summed E-state index contributed by atoms with van der Waals surface area (Å²) in [5, 5.41) is 2.99. The van der Waals surface area contributed by atoms with Gasteiger partial charge >= 0.3 is 5.97 Å². The first-order chi connectivity index (χ1) is 7.38. The normalized spacial score (nSPS) is 27.9. The van der Waals surface area contributed by atoms with Gasteiger partial charge < -0.3 is 15.8 Å². The molecule has 2 atom stereocenters. The van der Waals surface area contributed by atoms with Crippen LogP contribution < -0.4 is 11.1 Å². The Morgan fingerprint density at radius 2 is 2.24 bits per heavy atom. The van der Waals surface area contributed by atoms with Crippen LogP contribution in [0.3, 0.4) is 0 Å². The third-order valence-corrected chi connectivity index (χ3v) is 3.57. The molecule has 1 amide bonds. The molecule has 0 aromatic heterocycles. The monoisotopic (exact) mass is 262 g/mol. The summed E-state index contributed by atoms with van der Waals surface area (Å²) < 4.78 is 4.63. The molecule has 5 nitrogen and oxygen atoms in total. The minimum absolute atomic E-state index is 0. The largest absolute Gasteiger partial charge is 0.468 e. The van der Waals surface area contributed by atoms with Gasteiger partial charge in [-0.1, -0.05) is 0 Å². The molecule has 1 spiro atoms. The lowest BCUT2D eigenvalue weighted by Gasteiger charge is -2.23. The minimum atomic E-state index is -1.07. The number of nitrogens with one attached hydrogen (secondary N) is 1. The fourth-order valence-corrected chi connectivity index (χ4v) is 2.45. The Labute approximate surface area is 107 Å². The van der Waals surface area contributed by atoms with Gasteiger partial charge in [0.05, 0.1) is 7.11 Å². The molecule has 0 aromatic rings. The van der Waals surface area contributed by atoms with Crippen molar-refractivity contribution in [3.05, 3.63) is 0 Å². The molecule has 3 N–H and O–H groups in total. The maximum Gasteiger partial charge on any atom is 0.325 e. The van der Waals surface area contributed by atoms with E-state index in [0.717, 1.165) is 19.3 Å². The fourth-order valence-electron chi connectivity index (χ4n) is 2.45. The quantitative estimate of drug-likeness (QED) is 0.720. The Kier molecular flexibility index (Phi) is 3.74. The van der Waals surface area contributed by atoms with Gasteiger partial charge in [-0.15, -0.1) is 12.4 Å². The second-order valence-corrected chi connectivity index (χ2v) is 5.28. The number of ether oxygens (including phenoxy) is 1. The van der Waals surface area contributed by atoms with Crippen LogP contribution in [0.1, 0.15) is 32.6 Å². The van der Waals surface area contributed by atoms with Crippen LogP contribution in [0.2, 0.25) is 0 Å². The lowest BCUT2D eigenvalue weighted by atomic mass is 9.87. The minimum Gasteiger partial charge on any atom is -0.468 e. The number of hydrogen-bond donors (Lipinski definition) is 2. The van der Waals surface area contributed by atoms with E-state index in [1.807, 2.05) is 0 Å². The van der Waals surface area contributed by atoms with Crippen molar-refractivity contribution >= 4 is 24.3 Å². The van der Waals surface area contributed by atoms with E-state index in [9.17, 15) is 9.59 Å². The molecular weight excluding hydrogens is 244 g/mol. The zero-order valence-electron chi connectivity index (χ0n) is 10.1. The van der Waals surface area contributed by atoms with Gasteiger partial charge in [0.25, 0.3) is 0 Å². The molecule has 98 valence electrons. The van der Waals surface area contributed by atoms with E-state index in [1.54, 1.807) is 6.92 Å². The van der Waals surface area contributed by atoms with Crippen molar-refractivity contribution in [2.24, 2.45) is 11.7 Å². The standard InChI is InChI=1S/C11H18N2O3.ClH/c1-10(12,9(15)16-2)5-7-6-11(3-4-11)13-8(7)14;/h7H,3-6,12H2,1-2H3,(H,13,14);1H/t7-,10+;/m1./s1. The second kappa shape index (κ2) is 4.46. The van der Waals surface area contributed by atoms with Gasteiger partial charge in [0, 0.05) is 11.5 Å². The molecule has 2 aliphatic rings. The number of methoxy groups -OCH3 is 1. The zero-order valence-corrected chi connectivity index (χ0v) is 10.9. The van der Waals surface area contributed by atoms with Crippen molar-refractivity contribution < 1.29 is 14.3 Å². The SMILES string of the molecule is COC(=O)[C@@](C)(N)C[C@@H]1CC2(CC2)NC1=O.Cl. The molecule has 0 radical (unpaired) electrons. The smallest absolute Gasteiger partial charge is 0.325 e. The number of amides is 1. The van der Waals surface area contributed by atoms with Gasteiger partial charge in [0.2, 0.25) is 5.91 Å². The van der Waals surface area contributed by atoms with Gasteiger partial charge in [-0.3, -0.25) is 9.59 Å². The molecule has 6 heteroatoms. The van der Waals surface area contributed by atoms with E-state index >= 15 is 0 Å².